The third-order valence-electron chi connectivity index (χ3n) is 3.27. The van der Waals surface area contributed by atoms with Gasteiger partial charge in [0.2, 0.25) is 0 Å². The fourth-order valence-corrected chi connectivity index (χ4v) is 4.05. The lowest BCUT2D eigenvalue weighted by molar-refractivity contribution is 0.602. The van der Waals surface area contributed by atoms with Crippen LogP contribution in [0.1, 0.15) is 6.42 Å². The van der Waals surface area contributed by atoms with E-state index in [1.807, 2.05) is 30.5 Å². The van der Waals surface area contributed by atoms with Crippen molar-refractivity contribution in [1.29, 1.82) is 0 Å². The predicted octanol–water partition coefficient (Wildman–Crippen LogP) is 1.83. The number of benzene rings is 1. The molecular formula is C13H14N2O2S. The highest BCUT2D eigenvalue weighted by Crippen LogP contribution is 2.25. The number of hydrogen-bond donors (Lipinski definition) is 1. The molecular weight excluding hydrogens is 248 g/mol. The zero-order valence-electron chi connectivity index (χ0n) is 9.83. The van der Waals surface area contributed by atoms with Crippen LogP contribution in [0.25, 0.3) is 10.8 Å². The van der Waals surface area contributed by atoms with Crippen molar-refractivity contribution in [3.63, 3.8) is 0 Å². The maximum Gasteiger partial charge on any atom is 0.152 e. The Labute approximate surface area is 106 Å². The average molecular weight is 262 g/mol. The van der Waals surface area contributed by atoms with Gasteiger partial charge in [0, 0.05) is 34.9 Å². The molecule has 4 nitrogen and oxygen atoms in total. The van der Waals surface area contributed by atoms with Gasteiger partial charge in [-0.2, -0.15) is 0 Å². The molecule has 0 amide bonds. The molecule has 94 valence electrons. The van der Waals surface area contributed by atoms with Crippen LogP contribution in [0.3, 0.4) is 0 Å². The Hall–Kier alpha value is -1.62. The number of hydrogen-bond acceptors (Lipinski definition) is 4. The van der Waals surface area contributed by atoms with E-state index in [1.165, 1.54) is 0 Å². The minimum Gasteiger partial charge on any atom is -0.381 e. The van der Waals surface area contributed by atoms with Crippen LogP contribution in [0.15, 0.2) is 36.7 Å². The smallest absolute Gasteiger partial charge is 0.152 e. The number of nitrogens with one attached hydrogen (secondary N) is 1. The number of aromatic nitrogens is 1. The third-order valence-corrected chi connectivity index (χ3v) is 5.04. The summed E-state index contributed by atoms with van der Waals surface area (Å²) in [4.78, 5) is 4.09. The van der Waals surface area contributed by atoms with Crippen molar-refractivity contribution in [1.82, 2.24) is 4.98 Å². The first kappa shape index (κ1) is 11.5. The van der Waals surface area contributed by atoms with Crippen molar-refractivity contribution in [2.45, 2.75) is 12.5 Å². The highest BCUT2D eigenvalue weighted by molar-refractivity contribution is 7.91. The van der Waals surface area contributed by atoms with Crippen LogP contribution in [0.4, 0.5) is 5.69 Å². The molecule has 1 aliphatic rings. The quantitative estimate of drug-likeness (QED) is 0.897. The Morgan fingerprint density at radius 3 is 2.94 bits per heavy atom. The van der Waals surface area contributed by atoms with Gasteiger partial charge in [-0.15, -0.1) is 0 Å². The molecule has 0 bridgehead atoms. The van der Waals surface area contributed by atoms with Gasteiger partial charge in [0.25, 0.3) is 0 Å². The molecule has 2 aromatic rings. The van der Waals surface area contributed by atoms with Gasteiger partial charge >= 0.3 is 0 Å². The second-order valence-corrected chi connectivity index (χ2v) is 6.88. The van der Waals surface area contributed by atoms with Crippen molar-refractivity contribution < 1.29 is 8.42 Å². The van der Waals surface area contributed by atoms with Crippen molar-refractivity contribution in [3.8, 4) is 0 Å². The van der Waals surface area contributed by atoms with Gasteiger partial charge in [-0.3, -0.25) is 4.98 Å². The first-order chi connectivity index (χ1) is 8.64. The number of anilines is 1. The maximum absolute atomic E-state index is 11.4. The Bertz CT molecular complexity index is 677. The van der Waals surface area contributed by atoms with Crippen molar-refractivity contribution in [3.05, 3.63) is 36.7 Å². The van der Waals surface area contributed by atoms with E-state index in [0.29, 0.717) is 6.42 Å². The topological polar surface area (TPSA) is 59.1 Å². The Balaban J connectivity index is 1.92. The molecule has 1 unspecified atom stereocenters. The van der Waals surface area contributed by atoms with Crippen molar-refractivity contribution in [2.75, 3.05) is 16.8 Å². The third kappa shape index (κ3) is 2.18. The minimum absolute atomic E-state index is 0.0220. The normalized spacial score (nSPS) is 22.1. The van der Waals surface area contributed by atoms with Crippen molar-refractivity contribution >= 4 is 26.3 Å². The van der Waals surface area contributed by atoms with Gasteiger partial charge in [0.05, 0.1) is 11.5 Å². The summed E-state index contributed by atoms with van der Waals surface area (Å²) in [6, 6.07) is 7.90. The summed E-state index contributed by atoms with van der Waals surface area (Å²) < 4.78 is 22.9. The van der Waals surface area contributed by atoms with Crippen LogP contribution < -0.4 is 5.32 Å². The standard InChI is InChI=1S/C13H14N2O2S/c16-18(17)7-5-11(9-18)15-13-3-1-2-10-8-14-6-4-12(10)13/h1-4,6,8,11,15H,5,7,9H2. The summed E-state index contributed by atoms with van der Waals surface area (Å²) in [5.74, 6) is 0.519. The second-order valence-electron chi connectivity index (χ2n) is 4.65. The summed E-state index contributed by atoms with van der Waals surface area (Å²) in [6.45, 7) is 0. The summed E-state index contributed by atoms with van der Waals surface area (Å²) >= 11 is 0. The second kappa shape index (κ2) is 4.24. The van der Waals surface area contributed by atoms with E-state index in [4.69, 9.17) is 0 Å². The molecule has 1 aromatic carbocycles. The average Bonchev–Trinajstić information content (AvgIpc) is 2.69. The van der Waals surface area contributed by atoms with E-state index >= 15 is 0 Å². The molecule has 1 atom stereocenters. The van der Waals surface area contributed by atoms with E-state index < -0.39 is 9.84 Å². The van der Waals surface area contributed by atoms with Gasteiger partial charge in [0.15, 0.2) is 9.84 Å². The van der Waals surface area contributed by atoms with Crippen molar-refractivity contribution in [2.24, 2.45) is 0 Å². The van der Waals surface area contributed by atoms with E-state index in [9.17, 15) is 8.42 Å². The number of sulfone groups is 1. The summed E-state index contributed by atoms with van der Waals surface area (Å²) in [7, 11) is -2.84. The number of fused-ring (bicyclic) bond motifs is 1. The zero-order chi connectivity index (χ0) is 12.6. The van der Waals surface area contributed by atoms with Gasteiger partial charge < -0.3 is 5.32 Å². The highest BCUT2D eigenvalue weighted by Gasteiger charge is 2.27. The molecule has 1 fully saturated rings. The minimum atomic E-state index is -2.84. The summed E-state index contributed by atoms with van der Waals surface area (Å²) in [5.41, 5.74) is 0.983. The fraction of sp³-hybridized carbons (Fsp3) is 0.308. The molecule has 18 heavy (non-hydrogen) atoms. The SMILES string of the molecule is O=S1(=O)CCC(Nc2cccc3cnccc23)C1. The molecule has 1 aromatic heterocycles. The molecule has 0 aliphatic carbocycles. The van der Waals surface area contributed by atoms with E-state index in [-0.39, 0.29) is 17.5 Å². The Morgan fingerprint density at radius 1 is 1.28 bits per heavy atom. The van der Waals surface area contributed by atoms with Crippen LogP contribution >= 0.6 is 0 Å². The maximum atomic E-state index is 11.4. The first-order valence-electron chi connectivity index (χ1n) is 5.94. The van der Waals surface area contributed by atoms with Crippen LogP contribution in [0.5, 0.6) is 0 Å². The van der Waals surface area contributed by atoms with Gasteiger partial charge in [0.1, 0.15) is 0 Å². The molecule has 5 heteroatoms. The molecule has 1 N–H and O–H groups in total. The molecule has 0 saturated carbocycles. The number of rotatable bonds is 2. The van der Waals surface area contributed by atoms with E-state index in [1.54, 1.807) is 6.20 Å². The lowest BCUT2D eigenvalue weighted by atomic mass is 10.1. The largest absolute Gasteiger partial charge is 0.381 e. The molecule has 0 radical (unpaired) electrons. The number of nitrogens with zero attached hydrogens (tertiary/aromatic N) is 1. The molecule has 3 rings (SSSR count). The van der Waals surface area contributed by atoms with Crippen LogP contribution in [-0.2, 0) is 9.84 Å². The molecule has 1 saturated heterocycles. The van der Waals surface area contributed by atoms with Crippen LogP contribution in [0, 0.1) is 0 Å². The Morgan fingerprint density at radius 2 is 2.17 bits per heavy atom. The fourth-order valence-electron chi connectivity index (χ4n) is 2.38. The predicted molar refractivity (Wildman–Crippen MR) is 72.4 cm³/mol. The Kier molecular flexibility index (Phi) is 2.70. The van der Waals surface area contributed by atoms with E-state index in [0.717, 1.165) is 16.5 Å². The van der Waals surface area contributed by atoms with Gasteiger partial charge in [-0.25, -0.2) is 8.42 Å². The van der Waals surface area contributed by atoms with Gasteiger partial charge in [-0.05, 0) is 18.6 Å². The van der Waals surface area contributed by atoms with Crippen LogP contribution in [0.2, 0.25) is 0 Å². The zero-order valence-corrected chi connectivity index (χ0v) is 10.7. The summed E-state index contributed by atoms with van der Waals surface area (Å²) in [5, 5.41) is 5.47. The first-order valence-corrected chi connectivity index (χ1v) is 7.76. The molecule has 0 spiro atoms. The molecule has 2 heterocycles. The van der Waals surface area contributed by atoms with Gasteiger partial charge in [-0.1, -0.05) is 12.1 Å². The monoisotopic (exact) mass is 262 g/mol. The van der Waals surface area contributed by atoms with E-state index in [2.05, 4.69) is 10.3 Å². The lowest BCUT2D eigenvalue weighted by Crippen LogP contribution is -2.20. The van der Waals surface area contributed by atoms with Crippen LogP contribution in [-0.4, -0.2) is 30.9 Å². The lowest BCUT2D eigenvalue weighted by Gasteiger charge is -2.14. The summed E-state index contributed by atoms with van der Waals surface area (Å²) in [6.07, 6.45) is 4.24. The number of pyridine rings is 1. The highest BCUT2D eigenvalue weighted by atomic mass is 32.2. The molecule has 1 aliphatic heterocycles.